The molecule has 0 saturated carbocycles. The Kier molecular flexibility index (Phi) is 9.77. The lowest BCUT2D eigenvalue weighted by Gasteiger charge is -2.21. The predicted octanol–water partition coefficient (Wildman–Crippen LogP) is 4.66. The van der Waals surface area contributed by atoms with Crippen LogP contribution >= 0.6 is 35.3 Å². The number of thiazole rings is 1. The van der Waals surface area contributed by atoms with Gasteiger partial charge in [-0.1, -0.05) is 37.3 Å². The van der Waals surface area contributed by atoms with Gasteiger partial charge in [-0.15, -0.1) is 35.3 Å². The van der Waals surface area contributed by atoms with Crippen LogP contribution in [0, 0.1) is 6.92 Å². The summed E-state index contributed by atoms with van der Waals surface area (Å²) in [6.45, 7) is 8.59. The average Bonchev–Trinajstić information content (AvgIpc) is 3.34. The number of aromatic nitrogens is 3. The van der Waals surface area contributed by atoms with Crippen LogP contribution in [-0.4, -0.2) is 45.9 Å². The number of hydrogen-bond acceptors (Lipinski definition) is 4. The molecule has 0 saturated heterocycles. The van der Waals surface area contributed by atoms with E-state index in [0.717, 1.165) is 49.0 Å². The second-order valence-corrected chi connectivity index (χ2v) is 8.20. The number of aromatic amines is 1. The zero-order chi connectivity index (χ0) is 20.6. The number of benzene rings is 1. The number of aryl methyl sites for hydroxylation is 2. The van der Waals surface area contributed by atoms with Crippen molar-refractivity contribution in [3.8, 4) is 11.3 Å². The third kappa shape index (κ3) is 6.53. The fourth-order valence-electron chi connectivity index (χ4n) is 3.16. The maximum atomic E-state index is 4.79. The molecule has 0 bridgehead atoms. The number of H-pyrrole nitrogens is 1. The van der Waals surface area contributed by atoms with E-state index >= 15 is 0 Å². The van der Waals surface area contributed by atoms with E-state index in [1.165, 1.54) is 15.6 Å². The first-order valence-electron chi connectivity index (χ1n) is 10.1. The van der Waals surface area contributed by atoms with Gasteiger partial charge in [0.05, 0.1) is 29.1 Å². The maximum absolute atomic E-state index is 4.79. The fourth-order valence-corrected chi connectivity index (χ4v) is 4.17. The molecule has 0 aliphatic carbocycles. The molecule has 162 valence electrons. The molecule has 3 rings (SSSR count). The maximum Gasteiger partial charge on any atom is 0.194 e. The summed E-state index contributed by atoms with van der Waals surface area (Å²) in [5.74, 6) is 1.80. The molecule has 0 atom stereocenters. The summed E-state index contributed by atoms with van der Waals surface area (Å²) in [4.78, 5) is 20.9. The summed E-state index contributed by atoms with van der Waals surface area (Å²) in [6.07, 6.45) is 3.75. The van der Waals surface area contributed by atoms with Crippen molar-refractivity contribution in [2.45, 2.75) is 40.2 Å². The number of hydrogen-bond donors (Lipinski definition) is 2. The normalized spacial score (nSPS) is 11.3. The zero-order valence-corrected chi connectivity index (χ0v) is 21.3. The van der Waals surface area contributed by atoms with Crippen LogP contribution in [0.15, 0.2) is 41.5 Å². The number of imidazole rings is 1. The van der Waals surface area contributed by atoms with Crippen molar-refractivity contribution in [3.63, 3.8) is 0 Å². The van der Waals surface area contributed by atoms with Gasteiger partial charge in [0.15, 0.2) is 5.96 Å². The molecule has 2 N–H and O–H groups in total. The van der Waals surface area contributed by atoms with Crippen molar-refractivity contribution in [2.24, 2.45) is 4.99 Å². The van der Waals surface area contributed by atoms with Gasteiger partial charge in [-0.2, -0.15) is 0 Å². The van der Waals surface area contributed by atoms with Gasteiger partial charge < -0.3 is 15.2 Å². The molecule has 30 heavy (non-hydrogen) atoms. The number of nitrogens with zero attached hydrogens (tertiary/aromatic N) is 4. The molecule has 0 amide bonds. The molecule has 0 radical (unpaired) electrons. The van der Waals surface area contributed by atoms with Crippen LogP contribution in [-0.2, 0) is 19.4 Å². The number of guanidine groups is 1. The highest BCUT2D eigenvalue weighted by Crippen LogP contribution is 2.18. The molecule has 2 aromatic heterocycles. The SMILES string of the molecule is CCNC(=NCCc1nc(CC)c(C)s1)N(C)Cc1ncc(-c2ccccc2)[nH]1.I. The minimum Gasteiger partial charge on any atom is -0.357 e. The Labute approximate surface area is 200 Å². The van der Waals surface area contributed by atoms with Crippen LogP contribution in [0.4, 0.5) is 0 Å². The van der Waals surface area contributed by atoms with Crippen molar-refractivity contribution in [1.82, 2.24) is 25.2 Å². The molecular weight excluding hydrogens is 507 g/mol. The first-order chi connectivity index (χ1) is 14.1. The molecule has 0 spiro atoms. The van der Waals surface area contributed by atoms with Gasteiger partial charge in [-0.05, 0) is 25.8 Å². The highest BCUT2D eigenvalue weighted by molar-refractivity contribution is 14.0. The second kappa shape index (κ2) is 12.0. The van der Waals surface area contributed by atoms with E-state index in [4.69, 9.17) is 9.98 Å². The molecular formula is C22H31IN6S. The minimum absolute atomic E-state index is 0. The van der Waals surface area contributed by atoms with Gasteiger partial charge in [0, 0.05) is 31.4 Å². The van der Waals surface area contributed by atoms with Gasteiger partial charge in [0.2, 0.25) is 0 Å². The molecule has 2 heterocycles. The lowest BCUT2D eigenvalue weighted by atomic mass is 10.2. The van der Waals surface area contributed by atoms with E-state index in [0.29, 0.717) is 6.54 Å². The monoisotopic (exact) mass is 538 g/mol. The Bertz CT molecular complexity index is 934. The topological polar surface area (TPSA) is 69.2 Å². The third-order valence-electron chi connectivity index (χ3n) is 4.66. The van der Waals surface area contributed by atoms with Crippen LogP contribution < -0.4 is 5.32 Å². The Morgan fingerprint density at radius 1 is 1.23 bits per heavy atom. The van der Waals surface area contributed by atoms with Crippen molar-refractivity contribution >= 4 is 41.3 Å². The van der Waals surface area contributed by atoms with Crippen molar-refractivity contribution < 1.29 is 0 Å². The molecule has 8 heteroatoms. The highest BCUT2D eigenvalue weighted by atomic mass is 127. The van der Waals surface area contributed by atoms with Crippen molar-refractivity contribution in [2.75, 3.05) is 20.1 Å². The smallest absolute Gasteiger partial charge is 0.194 e. The lowest BCUT2D eigenvalue weighted by molar-refractivity contribution is 0.464. The van der Waals surface area contributed by atoms with Gasteiger partial charge >= 0.3 is 0 Å². The zero-order valence-electron chi connectivity index (χ0n) is 18.1. The first kappa shape index (κ1) is 24.3. The van der Waals surface area contributed by atoms with Gasteiger partial charge in [0.1, 0.15) is 5.82 Å². The Balaban J connectivity index is 0.00000320. The van der Waals surface area contributed by atoms with Gasteiger partial charge in [-0.25, -0.2) is 9.97 Å². The third-order valence-corrected chi connectivity index (χ3v) is 5.73. The quantitative estimate of drug-likeness (QED) is 0.249. The van der Waals surface area contributed by atoms with E-state index in [1.54, 1.807) is 11.3 Å². The van der Waals surface area contributed by atoms with E-state index in [1.807, 2.05) is 31.4 Å². The molecule has 3 aromatic rings. The number of aliphatic imine (C=N–C) groups is 1. The van der Waals surface area contributed by atoms with E-state index in [-0.39, 0.29) is 24.0 Å². The van der Waals surface area contributed by atoms with Crippen molar-refractivity contribution in [3.05, 3.63) is 57.9 Å². The average molecular weight is 539 g/mol. The van der Waals surface area contributed by atoms with Crippen LogP contribution in [0.5, 0.6) is 0 Å². The van der Waals surface area contributed by atoms with Crippen LogP contribution in [0.2, 0.25) is 0 Å². The lowest BCUT2D eigenvalue weighted by Crippen LogP contribution is -2.38. The Morgan fingerprint density at radius 3 is 2.67 bits per heavy atom. The summed E-state index contributed by atoms with van der Waals surface area (Å²) in [5.41, 5.74) is 3.38. The molecule has 0 aliphatic heterocycles. The summed E-state index contributed by atoms with van der Waals surface area (Å²) in [6, 6.07) is 10.2. The summed E-state index contributed by atoms with van der Waals surface area (Å²) < 4.78 is 0. The Morgan fingerprint density at radius 2 is 2.00 bits per heavy atom. The Hall–Kier alpha value is -1.94. The van der Waals surface area contributed by atoms with Gasteiger partial charge in [-0.3, -0.25) is 4.99 Å². The van der Waals surface area contributed by atoms with Crippen molar-refractivity contribution in [1.29, 1.82) is 0 Å². The van der Waals surface area contributed by atoms with E-state index in [9.17, 15) is 0 Å². The summed E-state index contributed by atoms with van der Waals surface area (Å²) in [7, 11) is 2.04. The van der Waals surface area contributed by atoms with Crippen LogP contribution in [0.1, 0.15) is 35.3 Å². The van der Waals surface area contributed by atoms with E-state index < -0.39 is 0 Å². The first-order valence-corrected chi connectivity index (χ1v) is 11.0. The number of rotatable bonds is 8. The van der Waals surface area contributed by atoms with E-state index in [2.05, 4.69) is 53.1 Å². The van der Waals surface area contributed by atoms with Gasteiger partial charge in [0.25, 0.3) is 0 Å². The second-order valence-electron chi connectivity index (χ2n) is 6.92. The number of halogens is 1. The standard InChI is InChI=1S/C22H30N6S.HI/c1-5-18-16(3)29-21(27-18)12-13-24-22(23-6-2)28(4)15-20-25-14-19(26-20)17-10-8-7-9-11-17;/h7-11,14H,5-6,12-13,15H2,1-4H3,(H,23,24)(H,25,26);1H. The summed E-state index contributed by atoms with van der Waals surface area (Å²) in [5, 5.41) is 4.54. The molecule has 6 nitrogen and oxygen atoms in total. The van der Waals surface area contributed by atoms with Crippen LogP contribution in [0.3, 0.4) is 0 Å². The fraction of sp³-hybridized carbons (Fsp3) is 0.409. The minimum atomic E-state index is 0. The largest absolute Gasteiger partial charge is 0.357 e. The predicted molar refractivity (Wildman–Crippen MR) is 137 cm³/mol. The molecule has 0 fully saturated rings. The highest BCUT2D eigenvalue weighted by Gasteiger charge is 2.10. The van der Waals surface area contributed by atoms with Crippen LogP contribution in [0.25, 0.3) is 11.3 Å². The molecule has 0 unspecified atom stereocenters. The molecule has 1 aromatic carbocycles. The number of nitrogens with one attached hydrogen (secondary N) is 2. The molecule has 0 aliphatic rings. The summed E-state index contributed by atoms with van der Waals surface area (Å²) >= 11 is 1.79.